The van der Waals surface area contributed by atoms with Gasteiger partial charge in [0.1, 0.15) is 0 Å². The first-order chi connectivity index (χ1) is 7.15. The van der Waals surface area contributed by atoms with Crippen LogP contribution in [0.4, 0.5) is 5.69 Å². The third-order valence-corrected chi connectivity index (χ3v) is 2.05. The van der Waals surface area contributed by atoms with Crippen molar-refractivity contribution in [3.05, 3.63) is 16.3 Å². The van der Waals surface area contributed by atoms with Crippen LogP contribution >= 0.6 is 0 Å². The fourth-order valence-corrected chi connectivity index (χ4v) is 1.39. The average Bonchev–Trinajstić information content (AvgIpc) is 2.54. The number of carbonyl (C=O) groups excluding carboxylic acids is 1. The van der Waals surface area contributed by atoms with E-state index in [0.29, 0.717) is 12.1 Å². The molecule has 1 heterocycles. The van der Waals surface area contributed by atoms with Crippen molar-refractivity contribution in [2.45, 2.75) is 19.8 Å². The van der Waals surface area contributed by atoms with Crippen molar-refractivity contribution >= 4 is 11.7 Å². The highest BCUT2D eigenvalue weighted by Crippen LogP contribution is 2.25. The molecule has 1 aromatic heterocycles. The van der Waals surface area contributed by atoms with Crippen LogP contribution < -0.4 is 0 Å². The van der Waals surface area contributed by atoms with Crippen LogP contribution in [-0.2, 0) is 18.2 Å². The van der Waals surface area contributed by atoms with E-state index in [4.69, 9.17) is 0 Å². The van der Waals surface area contributed by atoms with Crippen LogP contribution in [0, 0.1) is 4.91 Å². The molecule has 0 spiro atoms. The summed E-state index contributed by atoms with van der Waals surface area (Å²) >= 11 is 0. The topological polar surface area (TPSA) is 73.6 Å². The molecule has 82 valence electrons. The molecule has 0 aliphatic carbocycles. The minimum Gasteiger partial charge on any atom is -0.464 e. The first-order valence-corrected chi connectivity index (χ1v) is 4.63. The van der Waals surface area contributed by atoms with Crippen molar-refractivity contribution in [2.24, 2.45) is 12.2 Å². The van der Waals surface area contributed by atoms with Crippen molar-refractivity contribution < 1.29 is 9.53 Å². The van der Waals surface area contributed by atoms with E-state index in [0.717, 1.165) is 6.42 Å². The number of nitroso groups, excluding NO2 is 1. The second-order valence-corrected chi connectivity index (χ2v) is 3.10. The Balaban J connectivity index is 3.24. The molecule has 1 aromatic rings. The van der Waals surface area contributed by atoms with Crippen LogP contribution in [0.25, 0.3) is 0 Å². The van der Waals surface area contributed by atoms with Crippen LogP contribution in [0.3, 0.4) is 0 Å². The number of hydrogen-bond acceptors (Lipinski definition) is 5. The normalized spacial score (nSPS) is 10.1. The Bertz CT molecular complexity index is 384. The standard InChI is InChI=1S/C9H13N3O3/c1-4-5-6-7(11-14)8(9(13)15-3)12(2)10-6/h4-5H2,1-3H3. The first-order valence-electron chi connectivity index (χ1n) is 4.63. The predicted octanol–water partition coefficient (Wildman–Crippen LogP) is 1.56. The summed E-state index contributed by atoms with van der Waals surface area (Å²) in [4.78, 5) is 22.0. The number of hydrogen-bond donors (Lipinski definition) is 0. The van der Waals surface area contributed by atoms with Crippen molar-refractivity contribution in [3.63, 3.8) is 0 Å². The maximum atomic E-state index is 11.3. The highest BCUT2D eigenvalue weighted by Gasteiger charge is 2.22. The molecule has 0 atom stereocenters. The quantitative estimate of drug-likeness (QED) is 0.559. The summed E-state index contributed by atoms with van der Waals surface area (Å²) in [5.41, 5.74) is 0.734. The van der Waals surface area contributed by atoms with Crippen molar-refractivity contribution in [1.29, 1.82) is 0 Å². The largest absolute Gasteiger partial charge is 0.464 e. The Morgan fingerprint density at radius 3 is 2.73 bits per heavy atom. The zero-order valence-electron chi connectivity index (χ0n) is 8.98. The summed E-state index contributed by atoms with van der Waals surface area (Å²) in [6.45, 7) is 1.96. The fourth-order valence-electron chi connectivity index (χ4n) is 1.39. The van der Waals surface area contributed by atoms with E-state index < -0.39 is 5.97 Å². The van der Waals surface area contributed by atoms with Crippen LogP contribution in [-0.4, -0.2) is 22.9 Å². The third kappa shape index (κ3) is 2.03. The Morgan fingerprint density at radius 1 is 1.60 bits per heavy atom. The lowest BCUT2D eigenvalue weighted by atomic mass is 10.2. The Hall–Kier alpha value is -1.72. The molecule has 0 saturated heterocycles. The Kier molecular flexibility index (Phi) is 3.54. The number of nitrogens with zero attached hydrogens (tertiary/aromatic N) is 3. The molecule has 0 saturated carbocycles. The van der Waals surface area contributed by atoms with E-state index in [9.17, 15) is 9.70 Å². The summed E-state index contributed by atoms with van der Waals surface area (Å²) in [5, 5.41) is 6.91. The maximum Gasteiger partial charge on any atom is 0.358 e. The number of ether oxygens (including phenoxy) is 1. The summed E-state index contributed by atoms with van der Waals surface area (Å²) in [6, 6.07) is 0. The second kappa shape index (κ2) is 4.68. The molecule has 0 fully saturated rings. The van der Waals surface area contributed by atoms with Crippen LogP contribution in [0.2, 0.25) is 0 Å². The number of aryl methyl sites for hydroxylation is 2. The number of carbonyl (C=O) groups is 1. The van der Waals surface area contributed by atoms with Gasteiger partial charge in [0.25, 0.3) is 0 Å². The fraction of sp³-hybridized carbons (Fsp3) is 0.556. The number of rotatable bonds is 4. The Labute approximate surface area is 87.2 Å². The van der Waals surface area contributed by atoms with E-state index in [1.165, 1.54) is 11.8 Å². The van der Waals surface area contributed by atoms with Crippen LogP contribution in [0.5, 0.6) is 0 Å². The van der Waals surface area contributed by atoms with Gasteiger partial charge in [-0.15, -0.1) is 4.91 Å². The molecule has 0 bridgehead atoms. The molecule has 6 heteroatoms. The minimum absolute atomic E-state index is 0.0891. The van der Waals surface area contributed by atoms with Crippen molar-refractivity contribution in [3.8, 4) is 0 Å². The number of methoxy groups -OCH3 is 1. The van der Waals surface area contributed by atoms with Gasteiger partial charge in [-0.25, -0.2) is 4.79 Å². The molecule has 15 heavy (non-hydrogen) atoms. The molecule has 0 radical (unpaired) electrons. The molecule has 0 unspecified atom stereocenters. The lowest BCUT2D eigenvalue weighted by Gasteiger charge is -1.98. The third-order valence-electron chi connectivity index (χ3n) is 2.05. The molecular formula is C9H13N3O3. The number of aromatic nitrogens is 2. The molecule has 6 nitrogen and oxygen atoms in total. The molecule has 1 rings (SSSR count). The van der Waals surface area contributed by atoms with Gasteiger partial charge < -0.3 is 4.74 Å². The molecule has 0 N–H and O–H groups in total. The van der Waals surface area contributed by atoms with Gasteiger partial charge in [0, 0.05) is 7.05 Å². The van der Waals surface area contributed by atoms with Crippen molar-refractivity contribution in [2.75, 3.05) is 7.11 Å². The molecule has 0 amide bonds. The van der Waals surface area contributed by atoms with Gasteiger partial charge in [-0.3, -0.25) is 4.68 Å². The second-order valence-electron chi connectivity index (χ2n) is 3.10. The van der Waals surface area contributed by atoms with E-state index in [-0.39, 0.29) is 11.4 Å². The summed E-state index contributed by atoms with van der Waals surface area (Å²) in [6.07, 6.45) is 1.45. The lowest BCUT2D eigenvalue weighted by Crippen LogP contribution is -2.08. The lowest BCUT2D eigenvalue weighted by molar-refractivity contribution is 0.0589. The van der Waals surface area contributed by atoms with E-state index in [2.05, 4.69) is 15.0 Å². The Morgan fingerprint density at radius 2 is 2.27 bits per heavy atom. The minimum atomic E-state index is -0.595. The number of esters is 1. The highest BCUT2D eigenvalue weighted by atomic mass is 16.5. The van der Waals surface area contributed by atoms with Gasteiger partial charge in [0.05, 0.1) is 12.8 Å². The molecule has 0 aliphatic heterocycles. The van der Waals surface area contributed by atoms with Crippen molar-refractivity contribution in [1.82, 2.24) is 9.78 Å². The van der Waals surface area contributed by atoms with Gasteiger partial charge >= 0.3 is 5.97 Å². The zero-order valence-corrected chi connectivity index (χ0v) is 8.98. The van der Waals surface area contributed by atoms with Gasteiger partial charge in [-0.05, 0) is 11.6 Å². The smallest absolute Gasteiger partial charge is 0.358 e. The monoisotopic (exact) mass is 211 g/mol. The summed E-state index contributed by atoms with van der Waals surface area (Å²) in [5.74, 6) is -0.595. The van der Waals surface area contributed by atoms with E-state index in [1.807, 2.05) is 6.92 Å². The maximum absolute atomic E-state index is 11.3. The SMILES string of the molecule is CCCc1nn(C)c(C(=O)OC)c1N=O. The highest BCUT2D eigenvalue weighted by molar-refractivity contribution is 5.93. The first kappa shape index (κ1) is 11.4. The van der Waals surface area contributed by atoms with E-state index >= 15 is 0 Å². The average molecular weight is 211 g/mol. The van der Waals surface area contributed by atoms with Gasteiger partial charge in [-0.1, -0.05) is 13.3 Å². The molecular weight excluding hydrogens is 198 g/mol. The summed E-state index contributed by atoms with van der Waals surface area (Å²) < 4.78 is 5.88. The molecule has 0 aliphatic rings. The van der Waals surface area contributed by atoms with Gasteiger partial charge in [0.15, 0.2) is 11.4 Å². The van der Waals surface area contributed by atoms with E-state index in [1.54, 1.807) is 7.05 Å². The zero-order chi connectivity index (χ0) is 11.4. The molecule has 0 aromatic carbocycles. The van der Waals surface area contributed by atoms with Crippen LogP contribution in [0.1, 0.15) is 29.5 Å². The van der Waals surface area contributed by atoms with Gasteiger partial charge in [-0.2, -0.15) is 5.10 Å². The van der Waals surface area contributed by atoms with Crippen LogP contribution in [0.15, 0.2) is 5.18 Å². The van der Waals surface area contributed by atoms with Gasteiger partial charge in [0.2, 0.25) is 0 Å². The predicted molar refractivity (Wildman–Crippen MR) is 54.0 cm³/mol. The summed E-state index contributed by atoms with van der Waals surface area (Å²) in [7, 11) is 2.84.